The van der Waals surface area contributed by atoms with Gasteiger partial charge in [-0.2, -0.15) is 11.3 Å². The molecule has 106 valence electrons. The lowest BCUT2D eigenvalue weighted by atomic mass is 10.00. The number of fused-ring (bicyclic) bond motifs is 1. The van der Waals surface area contributed by atoms with Gasteiger partial charge in [-0.25, -0.2) is 0 Å². The highest BCUT2D eigenvalue weighted by atomic mass is 32.1. The van der Waals surface area contributed by atoms with Crippen molar-refractivity contribution in [2.75, 3.05) is 32.1 Å². The van der Waals surface area contributed by atoms with Crippen molar-refractivity contribution in [1.82, 2.24) is 4.90 Å². The number of hydrogen-bond donors (Lipinski definition) is 0. The zero-order valence-electron chi connectivity index (χ0n) is 12.2. The highest BCUT2D eigenvalue weighted by Gasteiger charge is 2.22. The van der Waals surface area contributed by atoms with E-state index < -0.39 is 0 Å². The summed E-state index contributed by atoms with van der Waals surface area (Å²) in [7, 11) is 4.36. The first-order valence-corrected chi connectivity index (χ1v) is 8.21. The molecule has 2 nitrogen and oxygen atoms in total. The maximum Gasteiger partial charge on any atom is 0.0526 e. The van der Waals surface area contributed by atoms with E-state index in [1.807, 2.05) is 0 Å². The fourth-order valence-electron chi connectivity index (χ4n) is 3.04. The average Bonchev–Trinajstić information content (AvgIpc) is 2.98. The van der Waals surface area contributed by atoms with Gasteiger partial charge in [-0.1, -0.05) is 18.2 Å². The van der Waals surface area contributed by atoms with E-state index in [1.165, 1.54) is 36.2 Å². The molecule has 1 aromatic carbocycles. The van der Waals surface area contributed by atoms with Crippen molar-refractivity contribution in [2.24, 2.45) is 0 Å². The van der Waals surface area contributed by atoms with Gasteiger partial charge in [0.15, 0.2) is 0 Å². The van der Waals surface area contributed by atoms with Gasteiger partial charge < -0.3 is 9.80 Å². The molecule has 0 amide bonds. The minimum Gasteiger partial charge on any atom is -0.369 e. The maximum absolute atomic E-state index is 2.56. The molecule has 0 bridgehead atoms. The Balaban J connectivity index is 1.83. The Morgan fingerprint density at radius 2 is 2.10 bits per heavy atom. The van der Waals surface area contributed by atoms with Gasteiger partial charge in [-0.3, -0.25) is 0 Å². The molecule has 1 atom stereocenters. The Hall–Kier alpha value is -1.32. The Bertz CT molecular complexity index is 548. The Labute approximate surface area is 125 Å². The van der Waals surface area contributed by atoms with Crippen molar-refractivity contribution in [2.45, 2.75) is 18.9 Å². The Morgan fingerprint density at radius 3 is 2.85 bits per heavy atom. The molecule has 1 aliphatic heterocycles. The molecule has 1 aliphatic rings. The minimum absolute atomic E-state index is 0.465. The molecule has 0 aliphatic carbocycles. The molecule has 1 aromatic heterocycles. The third-order valence-corrected chi connectivity index (χ3v) is 4.85. The van der Waals surface area contributed by atoms with Crippen molar-refractivity contribution < 1.29 is 0 Å². The van der Waals surface area contributed by atoms with E-state index >= 15 is 0 Å². The van der Waals surface area contributed by atoms with E-state index in [2.05, 4.69) is 65.0 Å². The molecule has 1 unspecified atom stereocenters. The van der Waals surface area contributed by atoms with Crippen LogP contribution in [0.4, 0.5) is 5.69 Å². The largest absolute Gasteiger partial charge is 0.369 e. The van der Waals surface area contributed by atoms with Gasteiger partial charge in [-0.05, 0) is 61.0 Å². The number of rotatable bonds is 4. The van der Waals surface area contributed by atoms with Crippen LogP contribution in [0, 0.1) is 0 Å². The van der Waals surface area contributed by atoms with E-state index in [1.54, 1.807) is 11.3 Å². The first kappa shape index (κ1) is 13.7. The zero-order valence-corrected chi connectivity index (χ0v) is 13.1. The number of hydrogen-bond acceptors (Lipinski definition) is 3. The van der Waals surface area contributed by atoms with Crippen LogP contribution in [0.25, 0.3) is 0 Å². The van der Waals surface area contributed by atoms with Gasteiger partial charge in [0.1, 0.15) is 0 Å². The van der Waals surface area contributed by atoms with Crippen LogP contribution < -0.4 is 4.90 Å². The molecule has 2 aromatic rings. The monoisotopic (exact) mass is 286 g/mol. The predicted molar refractivity (Wildman–Crippen MR) is 87.7 cm³/mol. The SMILES string of the molecule is CN(C)C(CN1CCCc2ccccc21)c1ccsc1. The topological polar surface area (TPSA) is 6.48 Å². The van der Waals surface area contributed by atoms with Crippen LogP contribution in [-0.4, -0.2) is 32.1 Å². The molecule has 3 rings (SSSR count). The summed E-state index contributed by atoms with van der Waals surface area (Å²) in [6.45, 7) is 2.24. The van der Waals surface area contributed by atoms with Gasteiger partial charge in [0.2, 0.25) is 0 Å². The van der Waals surface area contributed by atoms with Crippen molar-refractivity contribution in [1.29, 1.82) is 0 Å². The van der Waals surface area contributed by atoms with Crippen LogP contribution in [-0.2, 0) is 6.42 Å². The molecule has 2 heterocycles. The normalized spacial score (nSPS) is 16.2. The lowest BCUT2D eigenvalue weighted by molar-refractivity contribution is 0.300. The van der Waals surface area contributed by atoms with E-state index in [-0.39, 0.29) is 0 Å². The number of likely N-dealkylation sites (N-methyl/N-ethyl adjacent to an activating group) is 1. The van der Waals surface area contributed by atoms with Crippen molar-refractivity contribution in [3.63, 3.8) is 0 Å². The van der Waals surface area contributed by atoms with Crippen LogP contribution >= 0.6 is 11.3 Å². The number of benzene rings is 1. The molecule has 0 saturated carbocycles. The highest BCUT2D eigenvalue weighted by Crippen LogP contribution is 2.30. The molecular formula is C17H22N2S. The summed E-state index contributed by atoms with van der Waals surface area (Å²) >= 11 is 1.79. The average molecular weight is 286 g/mol. The van der Waals surface area contributed by atoms with Crippen LogP contribution in [0.2, 0.25) is 0 Å². The van der Waals surface area contributed by atoms with E-state index in [9.17, 15) is 0 Å². The summed E-state index contributed by atoms with van der Waals surface area (Å²) < 4.78 is 0. The van der Waals surface area contributed by atoms with Crippen LogP contribution in [0.15, 0.2) is 41.1 Å². The van der Waals surface area contributed by atoms with Crippen molar-refractivity contribution >= 4 is 17.0 Å². The molecule has 0 N–H and O–H groups in total. The molecule has 0 radical (unpaired) electrons. The predicted octanol–water partition coefficient (Wildman–Crippen LogP) is 3.80. The van der Waals surface area contributed by atoms with E-state index in [0.717, 1.165) is 6.54 Å². The quantitative estimate of drug-likeness (QED) is 0.843. The second-order valence-corrected chi connectivity index (χ2v) is 6.49. The van der Waals surface area contributed by atoms with Gasteiger partial charge >= 0.3 is 0 Å². The number of nitrogens with zero attached hydrogens (tertiary/aromatic N) is 2. The highest BCUT2D eigenvalue weighted by molar-refractivity contribution is 7.07. The fraction of sp³-hybridized carbons (Fsp3) is 0.412. The van der Waals surface area contributed by atoms with Crippen molar-refractivity contribution in [3.8, 4) is 0 Å². The van der Waals surface area contributed by atoms with Crippen molar-refractivity contribution in [3.05, 3.63) is 52.2 Å². The smallest absolute Gasteiger partial charge is 0.0526 e. The summed E-state index contributed by atoms with van der Waals surface area (Å²) in [6.07, 6.45) is 2.48. The first-order valence-electron chi connectivity index (χ1n) is 7.27. The summed E-state index contributed by atoms with van der Waals surface area (Å²) in [5, 5.41) is 4.45. The summed E-state index contributed by atoms with van der Waals surface area (Å²) in [6, 6.07) is 11.6. The van der Waals surface area contributed by atoms with Gasteiger partial charge in [-0.15, -0.1) is 0 Å². The molecule has 0 saturated heterocycles. The zero-order chi connectivity index (χ0) is 13.9. The third kappa shape index (κ3) is 2.74. The van der Waals surface area contributed by atoms with Crippen LogP contribution in [0.1, 0.15) is 23.6 Å². The number of aryl methyl sites for hydroxylation is 1. The second-order valence-electron chi connectivity index (χ2n) is 5.71. The van der Waals surface area contributed by atoms with E-state index in [0.29, 0.717) is 6.04 Å². The maximum atomic E-state index is 2.56. The van der Waals surface area contributed by atoms with Crippen LogP contribution in [0.5, 0.6) is 0 Å². The molecule has 0 spiro atoms. The number of thiophene rings is 1. The van der Waals surface area contributed by atoms with E-state index in [4.69, 9.17) is 0 Å². The first-order chi connectivity index (χ1) is 9.75. The van der Waals surface area contributed by atoms with Crippen LogP contribution in [0.3, 0.4) is 0 Å². The molecule has 3 heteroatoms. The lowest BCUT2D eigenvalue weighted by Gasteiger charge is -2.36. The molecular weight excluding hydrogens is 264 g/mol. The van der Waals surface area contributed by atoms with Gasteiger partial charge in [0, 0.05) is 18.8 Å². The molecule has 0 fully saturated rings. The fourth-order valence-corrected chi connectivity index (χ4v) is 3.75. The Morgan fingerprint density at radius 1 is 1.25 bits per heavy atom. The standard InChI is InChI=1S/C17H22N2S/c1-18(2)17(15-9-11-20-13-15)12-19-10-5-7-14-6-3-4-8-16(14)19/h3-4,6,8-9,11,13,17H,5,7,10,12H2,1-2H3. The third-order valence-electron chi connectivity index (χ3n) is 4.15. The summed E-state index contributed by atoms with van der Waals surface area (Å²) in [4.78, 5) is 4.89. The summed E-state index contributed by atoms with van der Waals surface area (Å²) in [5.41, 5.74) is 4.37. The minimum atomic E-state index is 0.465. The molecule has 20 heavy (non-hydrogen) atoms. The second kappa shape index (κ2) is 5.98. The van der Waals surface area contributed by atoms with Gasteiger partial charge in [0.05, 0.1) is 6.04 Å². The summed E-state index contributed by atoms with van der Waals surface area (Å²) in [5.74, 6) is 0. The lowest BCUT2D eigenvalue weighted by Crippen LogP contribution is -2.37. The number of para-hydroxylation sites is 1. The van der Waals surface area contributed by atoms with Gasteiger partial charge in [0.25, 0.3) is 0 Å². The Kier molecular flexibility index (Phi) is 4.08. The number of anilines is 1.